The lowest BCUT2D eigenvalue weighted by Crippen LogP contribution is -2.68. The van der Waals surface area contributed by atoms with E-state index in [1.54, 1.807) is 0 Å². The SMILES string of the molecule is CC1=C[C@]23C4C5N(C(=O)c6ccccc6)CC6(C)CCCC5(C2CC1[C@H]4O)[C@@H]6C[C@@H]3O. The molecule has 6 unspecified atom stereocenters. The first kappa shape index (κ1) is 18.9. The molecule has 1 heterocycles. The van der Waals surface area contributed by atoms with Crippen LogP contribution < -0.4 is 0 Å². The quantitative estimate of drug-likeness (QED) is 0.683. The highest BCUT2D eigenvalue weighted by Gasteiger charge is 2.83. The Morgan fingerprint density at radius 1 is 1.10 bits per heavy atom. The Kier molecular flexibility index (Phi) is 3.43. The minimum atomic E-state index is -0.462. The van der Waals surface area contributed by atoms with Gasteiger partial charge in [-0.05, 0) is 67.4 Å². The van der Waals surface area contributed by atoms with E-state index in [1.165, 1.54) is 12.0 Å². The Labute approximate surface area is 184 Å². The van der Waals surface area contributed by atoms with E-state index in [0.717, 1.165) is 37.8 Å². The molecule has 1 aromatic rings. The Balaban J connectivity index is 1.48. The van der Waals surface area contributed by atoms with E-state index < -0.39 is 12.2 Å². The van der Waals surface area contributed by atoms with Gasteiger partial charge in [0.25, 0.3) is 5.91 Å². The number of aliphatic hydroxyl groups excluding tert-OH is 2. The van der Waals surface area contributed by atoms with Crippen molar-refractivity contribution in [3.8, 4) is 0 Å². The van der Waals surface area contributed by atoms with Gasteiger partial charge in [-0.1, -0.05) is 43.2 Å². The third-order valence-electron chi connectivity index (χ3n) is 11.1. The summed E-state index contributed by atoms with van der Waals surface area (Å²) in [7, 11) is 0. The van der Waals surface area contributed by atoms with Crippen LogP contribution >= 0.6 is 0 Å². The molecule has 2 spiro atoms. The summed E-state index contributed by atoms with van der Waals surface area (Å²) in [4.78, 5) is 16.1. The smallest absolute Gasteiger partial charge is 0.254 e. The molecule has 31 heavy (non-hydrogen) atoms. The van der Waals surface area contributed by atoms with E-state index in [1.807, 2.05) is 30.3 Å². The molecule has 6 bridgehead atoms. The Morgan fingerprint density at radius 3 is 2.65 bits per heavy atom. The van der Waals surface area contributed by atoms with Crippen molar-refractivity contribution in [3.05, 3.63) is 47.5 Å². The number of hydrogen-bond donors (Lipinski definition) is 2. The van der Waals surface area contributed by atoms with Gasteiger partial charge in [0.15, 0.2) is 0 Å². The van der Waals surface area contributed by atoms with Crippen LogP contribution in [0.1, 0.15) is 56.3 Å². The summed E-state index contributed by atoms with van der Waals surface area (Å²) in [6.45, 7) is 5.28. The molecule has 4 saturated carbocycles. The fourth-order valence-electron chi connectivity index (χ4n) is 10.4. The monoisotopic (exact) mass is 419 g/mol. The van der Waals surface area contributed by atoms with Crippen molar-refractivity contribution in [1.82, 2.24) is 4.90 Å². The van der Waals surface area contributed by atoms with Crippen LogP contribution in [0, 0.1) is 39.9 Å². The van der Waals surface area contributed by atoms with Crippen LogP contribution in [-0.2, 0) is 0 Å². The number of likely N-dealkylation sites (tertiary alicyclic amines) is 1. The zero-order valence-electron chi connectivity index (χ0n) is 18.5. The maximum Gasteiger partial charge on any atom is 0.254 e. The first-order chi connectivity index (χ1) is 14.8. The van der Waals surface area contributed by atoms with E-state index in [4.69, 9.17) is 0 Å². The normalized spacial score (nSPS) is 53.4. The van der Waals surface area contributed by atoms with Crippen LogP contribution in [0.4, 0.5) is 0 Å². The average molecular weight is 420 g/mol. The highest BCUT2D eigenvalue weighted by Crippen LogP contribution is 2.81. The molecular weight excluding hydrogens is 386 g/mol. The number of benzene rings is 1. The molecular formula is C27H33NO3. The van der Waals surface area contributed by atoms with E-state index >= 15 is 0 Å². The summed E-state index contributed by atoms with van der Waals surface area (Å²) in [5, 5.41) is 23.4. The predicted octanol–water partition coefficient (Wildman–Crippen LogP) is 3.64. The minimum Gasteiger partial charge on any atom is -0.392 e. The van der Waals surface area contributed by atoms with E-state index in [0.29, 0.717) is 11.8 Å². The topological polar surface area (TPSA) is 60.8 Å². The van der Waals surface area contributed by atoms with Gasteiger partial charge in [0.05, 0.1) is 12.2 Å². The molecule has 0 aromatic heterocycles. The number of amides is 1. The van der Waals surface area contributed by atoms with Crippen LogP contribution in [0.5, 0.6) is 0 Å². The van der Waals surface area contributed by atoms with Crippen molar-refractivity contribution < 1.29 is 15.0 Å². The van der Waals surface area contributed by atoms with Gasteiger partial charge >= 0.3 is 0 Å². The average Bonchev–Trinajstić information content (AvgIpc) is 2.88. The van der Waals surface area contributed by atoms with Crippen molar-refractivity contribution in [2.75, 3.05) is 6.54 Å². The third kappa shape index (κ3) is 1.88. The van der Waals surface area contributed by atoms with Crippen molar-refractivity contribution in [3.63, 3.8) is 0 Å². The second kappa shape index (κ2) is 5.63. The first-order valence-corrected chi connectivity index (χ1v) is 12.3. The van der Waals surface area contributed by atoms with Gasteiger partial charge in [0.2, 0.25) is 0 Å². The number of carbonyl (C=O) groups is 1. The molecule has 10 atom stereocenters. The molecule has 1 amide bonds. The fraction of sp³-hybridized carbons (Fsp3) is 0.667. The van der Waals surface area contributed by atoms with Gasteiger partial charge in [-0.25, -0.2) is 0 Å². The highest BCUT2D eigenvalue weighted by atomic mass is 16.3. The van der Waals surface area contributed by atoms with Gasteiger partial charge in [-0.2, -0.15) is 0 Å². The van der Waals surface area contributed by atoms with Crippen LogP contribution in [0.25, 0.3) is 0 Å². The Morgan fingerprint density at radius 2 is 1.87 bits per heavy atom. The van der Waals surface area contributed by atoms with Gasteiger partial charge < -0.3 is 15.1 Å². The molecule has 2 N–H and O–H groups in total. The third-order valence-corrected chi connectivity index (χ3v) is 11.1. The van der Waals surface area contributed by atoms with Crippen LogP contribution in [0.2, 0.25) is 0 Å². The van der Waals surface area contributed by atoms with Gasteiger partial charge in [-0.3, -0.25) is 4.79 Å². The van der Waals surface area contributed by atoms with Crippen LogP contribution in [0.15, 0.2) is 42.0 Å². The molecule has 4 nitrogen and oxygen atoms in total. The molecule has 1 aliphatic heterocycles. The summed E-state index contributed by atoms with van der Waals surface area (Å²) < 4.78 is 0. The zero-order chi connectivity index (χ0) is 21.3. The molecule has 0 radical (unpaired) electrons. The predicted molar refractivity (Wildman–Crippen MR) is 117 cm³/mol. The summed E-state index contributed by atoms with van der Waals surface area (Å²) in [5.74, 6) is 1.07. The number of carbonyl (C=O) groups excluding carboxylic acids is 1. The molecule has 1 saturated heterocycles. The number of aliphatic hydroxyl groups is 2. The van der Waals surface area contributed by atoms with Crippen molar-refractivity contribution in [2.45, 2.75) is 64.2 Å². The molecule has 1 aromatic carbocycles. The van der Waals surface area contributed by atoms with Gasteiger partial charge in [0, 0.05) is 35.4 Å². The number of rotatable bonds is 1. The lowest BCUT2D eigenvalue weighted by molar-refractivity contribution is -0.197. The second-order valence-corrected chi connectivity index (χ2v) is 12.0. The van der Waals surface area contributed by atoms with E-state index in [9.17, 15) is 15.0 Å². The lowest BCUT2D eigenvalue weighted by atomic mass is 9.40. The van der Waals surface area contributed by atoms with Gasteiger partial charge in [-0.15, -0.1) is 0 Å². The standard InChI is InChI=1S/C27H33NO3/c1-15-13-27-19-11-17(15)22(30)21(27)23-26(19)10-6-9-25(2,18(26)12-20(27)29)14-28(23)24(31)16-7-4-3-5-8-16/h3-5,7-8,13,17-23,29-30H,6,9-12,14H2,1-2H3/t17?,18-,19?,20+,21?,22-,23?,25?,26?,27+/m1/s1. The molecule has 164 valence electrons. The van der Waals surface area contributed by atoms with E-state index in [-0.39, 0.29) is 40.0 Å². The Bertz CT molecular complexity index is 1000. The van der Waals surface area contributed by atoms with E-state index in [2.05, 4.69) is 24.8 Å². The van der Waals surface area contributed by atoms with Crippen LogP contribution in [0.3, 0.4) is 0 Å². The summed E-state index contributed by atoms with van der Waals surface area (Å²) >= 11 is 0. The maximum atomic E-state index is 14.0. The summed E-state index contributed by atoms with van der Waals surface area (Å²) in [5.41, 5.74) is 1.72. The van der Waals surface area contributed by atoms with Crippen molar-refractivity contribution >= 4 is 5.91 Å². The maximum absolute atomic E-state index is 14.0. The minimum absolute atomic E-state index is 0.0325. The number of nitrogens with zero attached hydrogens (tertiary/aromatic N) is 1. The molecule has 7 aliphatic rings. The summed E-state index contributed by atoms with van der Waals surface area (Å²) in [6, 6.07) is 9.73. The van der Waals surface area contributed by atoms with Gasteiger partial charge in [0.1, 0.15) is 0 Å². The second-order valence-electron chi connectivity index (χ2n) is 12.0. The highest BCUT2D eigenvalue weighted by molar-refractivity contribution is 5.94. The number of piperidine rings is 1. The number of hydrogen-bond acceptors (Lipinski definition) is 3. The fourth-order valence-corrected chi connectivity index (χ4v) is 10.4. The largest absolute Gasteiger partial charge is 0.392 e. The van der Waals surface area contributed by atoms with Crippen LogP contribution in [-0.4, -0.2) is 45.8 Å². The zero-order valence-corrected chi connectivity index (χ0v) is 18.5. The summed E-state index contributed by atoms with van der Waals surface area (Å²) in [6.07, 6.45) is 6.77. The lowest BCUT2D eigenvalue weighted by Gasteiger charge is -2.67. The first-order valence-electron chi connectivity index (χ1n) is 12.3. The Hall–Kier alpha value is -1.65. The van der Waals surface area contributed by atoms with Crippen molar-refractivity contribution in [2.24, 2.45) is 39.9 Å². The molecule has 4 heteroatoms. The molecule has 8 rings (SSSR count). The molecule has 5 fully saturated rings. The molecule has 6 aliphatic carbocycles. The van der Waals surface area contributed by atoms with Crippen molar-refractivity contribution in [1.29, 1.82) is 0 Å².